The van der Waals surface area contributed by atoms with Crippen molar-refractivity contribution >= 4 is 0 Å². The zero-order valence-corrected chi connectivity index (χ0v) is 12.9. The van der Waals surface area contributed by atoms with E-state index < -0.39 is 0 Å². The molecule has 0 amide bonds. The third kappa shape index (κ3) is 4.06. The number of ether oxygens (including phenoxy) is 1. The fourth-order valence-electron chi connectivity index (χ4n) is 2.30. The van der Waals surface area contributed by atoms with E-state index in [1.807, 2.05) is 55.2 Å². The summed E-state index contributed by atoms with van der Waals surface area (Å²) in [6, 6.07) is 7.90. The Kier molecular flexibility index (Phi) is 5.36. The van der Waals surface area contributed by atoms with Crippen molar-refractivity contribution in [1.82, 2.24) is 15.2 Å². The summed E-state index contributed by atoms with van der Waals surface area (Å²) in [5.41, 5.74) is 4.97. The highest BCUT2D eigenvalue weighted by molar-refractivity contribution is 5.35. The van der Waals surface area contributed by atoms with Gasteiger partial charge in [0.15, 0.2) is 0 Å². The van der Waals surface area contributed by atoms with E-state index in [9.17, 15) is 0 Å². The van der Waals surface area contributed by atoms with Crippen LogP contribution in [0.1, 0.15) is 44.4 Å². The van der Waals surface area contributed by atoms with Gasteiger partial charge in [-0.25, -0.2) is 5.43 Å². The molecule has 0 saturated carbocycles. The number of nitrogens with two attached hydrogens (primary N) is 1. The van der Waals surface area contributed by atoms with Gasteiger partial charge >= 0.3 is 0 Å². The summed E-state index contributed by atoms with van der Waals surface area (Å²) in [6.07, 6.45) is 5.09. The SMILES string of the molecule is CCCn1cc(C(NN)c2cccc(OC(C)C)c2)cn1. The summed E-state index contributed by atoms with van der Waals surface area (Å²) in [4.78, 5) is 0. The Morgan fingerprint density at radius 2 is 2.14 bits per heavy atom. The second-order valence-electron chi connectivity index (χ2n) is 5.38. The first-order valence-corrected chi connectivity index (χ1v) is 7.39. The number of hydrogen-bond acceptors (Lipinski definition) is 4. The zero-order valence-electron chi connectivity index (χ0n) is 12.9. The van der Waals surface area contributed by atoms with E-state index in [1.54, 1.807) is 0 Å². The maximum Gasteiger partial charge on any atom is 0.120 e. The molecule has 0 radical (unpaired) electrons. The highest BCUT2D eigenvalue weighted by Crippen LogP contribution is 2.25. The monoisotopic (exact) mass is 288 g/mol. The van der Waals surface area contributed by atoms with Crippen LogP contribution in [-0.4, -0.2) is 15.9 Å². The van der Waals surface area contributed by atoms with Crippen molar-refractivity contribution in [2.75, 3.05) is 0 Å². The molecule has 2 rings (SSSR count). The summed E-state index contributed by atoms with van der Waals surface area (Å²) in [5.74, 6) is 6.59. The van der Waals surface area contributed by atoms with E-state index in [-0.39, 0.29) is 12.1 Å². The summed E-state index contributed by atoms with van der Waals surface area (Å²) < 4.78 is 7.68. The summed E-state index contributed by atoms with van der Waals surface area (Å²) in [5, 5.41) is 4.36. The highest BCUT2D eigenvalue weighted by atomic mass is 16.5. The molecule has 1 heterocycles. The van der Waals surface area contributed by atoms with Gasteiger partial charge in [-0.05, 0) is 38.0 Å². The molecule has 1 unspecified atom stereocenters. The lowest BCUT2D eigenvalue weighted by molar-refractivity contribution is 0.242. The molecule has 1 aromatic heterocycles. The molecule has 0 spiro atoms. The fraction of sp³-hybridized carbons (Fsp3) is 0.438. The van der Waals surface area contributed by atoms with E-state index in [1.165, 1.54) is 0 Å². The molecule has 5 nitrogen and oxygen atoms in total. The van der Waals surface area contributed by atoms with Crippen molar-refractivity contribution in [2.24, 2.45) is 5.84 Å². The van der Waals surface area contributed by atoms with E-state index in [0.29, 0.717) is 0 Å². The summed E-state index contributed by atoms with van der Waals surface area (Å²) >= 11 is 0. The Hall–Kier alpha value is -1.85. The van der Waals surface area contributed by atoms with Crippen molar-refractivity contribution in [3.8, 4) is 5.75 Å². The predicted molar refractivity (Wildman–Crippen MR) is 83.9 cm³/mol. The minimum atomic E-state index is -0.0914. The van der Waals surface area contributed by atoms with Crippen LogP contribution in [0, 0.1) is 0 Å². The van der Waals surface area contributed by atoms with Crippen LogP contribution in [0.15, 0.2) is 36.7 Å². The molecule has 0 fully saturated rings. The molecule has 1 aromatic carbocycles. The highest BCUT2D eigenvalue weighted by Gasteiger charge is 2.15. The van der Waals surface area contributed by atoms with Crippen LogP contribution in [0.5, 0.6) is 5.75 Å². The van der Waals surface area contributed by atoms with Gasteiger partial charge in [0.05, 0.1) is 18.3 Å². The van der Waals surface area contributed by atoms with Crippen molar-refractivity contribution in [3.63, 3.8) is 0 Å². The standard InChI is InChI=1S/C16H24N4O/c1-4-8-20-11-14(10-18-20)16(19-17)13-6-5-7-15(9-13)21-12(2)3/h5-7,9-12,16,19H,4,8,17H2,1-3H3. The second-order valence-corrected chi connectivity index (χ2v) is 5.38. The maximum absolute atomic E-state index is 5.74. The minimum Gasteiger partial charge on any atom is -0.491 e. The van der Waals surface area contributed by atoms with Crippen LogP contribution in [0.4, 0.5) is 0 Å². The quantitative estimate of drug-likeness (QED) is 0.607. The molecular weight excluding hydrogens is 264 g/mol. The van der Waals surface area contributed by atoms with Crippen LogP contribution < -0.4 is 16.0 Å². The van der Waals surface area contributed by atoms with Crippen LogP contribution >= 0.6 is 0 Å². The number of nitrogens with zero attached hydrogens (tertiary/aromatic N) is 2. The molecule has 3 N–H and O–H groups in total. The number of rotatable bonds is 7. The predicted octanol–water partition coefficient (Wildman–Crippen LogP) is 2.63. The van der Waals surface area contributed by atoms with Crippen LogP contribution in [0.25, 0.3) is 0 Å². The molecule has 0 saturated heterocycles. The van der Waals surface area contributed by atoms with Crippen molar-refractivity contribution in [2.45, 2.75) is 45.9 Å². The average Bonchev–Trinajstić information content (AvgIpc) is 2.88. The second kappa shape index (κ2) is 7.24. The Morgan fingerprint density at radius 1 is 1.33 bits per heavy atom. The van der Waals surface area contributed by atoms with E-state index in [0.717, 1.165) is 29.8 Å². The lowest BCUT2D eigenvalue weighted by Crippen LogP contribution is -2.28. The molecule has 114 valence electrons. The Bertz CT molecular complexity index is 565. The van der Waals surface area contributed by atoms with Gasteiger partial charge < -0.3 is 4.74 Å². The van der Waals surface area contributed by atoms with Gasteiger partial charge in [-0.1, -0.05) is 19.1 Å². The molecule has 5 heteroatoms. The normalized spacial score (nSPS) is 12.6. The van der Waals surface area contributed by atoms with Gasteiger partial charge in [-0.15, -0.1) is 0 Å². The van der Waals surface area contributed by atoms with Gasteiger partial charge in [-0.3, -0.25) is 10.5 Å². The maximum atomic E-state index is 5.74. The topological polar surface area (TPSA) is 65.1 Å². The summed E-state index contributed by atoms with van der Waals surface area (Å²) in [7, 11) is 0. The number of hydrogen-bond donors (Lipinski definition) is 2. The first-order valence-electron chi connectivity index (χ1n) is 7.39. The van der Waals surface area contributed by atoms with E-state index in [4.69, 9.17) is 10.6 Å². The Labute approximate surface area is 126 Å². The number of aryl methyl sites for hydroxylation is 1. The molecular formula is C16H24N4O. The van der Waals surface area contributed by atoms with Crippen LogP contribution in [0.2, 0.25) is 0 Å². The Balaban J connectivity index is 2.23. The third-order valence-corrected chi connectivity index (χ3v) is 3.17. The average molecular weight is 288 g/mol. The van der Waals surface area contributed by atoms with Gasteiger partial charge in [0.25, 0.3) is 0 Å². The summed E-state index contributed by atoms with van der Waals surface area (Å²) in [6.45, 7) is 7.07. The first-order chi connectivity index (χ1) is 10.1. The number of aromatic nitrogens is 2. The zero-order chi connectivity index (χ0) is 15.2. The molecule has 1 atom stereocenters. The van der Waals surface area contributed by atoms with Gasteiger partial charge in [0.2, 0.25) is 0 Å². The first kappa shape index (κ1) is 15.5. The molecule has 0 aliphatic carbocycles. The molecule has 21 heavy (non-hydrogen) atoms. The number of benzene rings is 1. The van der Waals surface area contributed by atoms with Crippen molar-refractivity contribution in [3.05, 3.63) is 47.8 Å². The molecule has 2 aromatic rings. The number of nitrogens with one attached hydrogen (secondary N) is 1. The smallest absolute Gasteiger partial charge is 0.120 e. The Morgan fingerprint density at radius 3 is 2.81 bits per heavy atom. The third-order valence-electron chi connectivity index (χ3n) is 3.17. The van der Waals surface area contributed by atoms with E-state index in [2.05, 4.69) is 17.4 Å². The fourth-order valence-corrected chi connectivity index (χ4v) is 2.30. The van der Waals surface area contributed by atoms with Gasteiger partial charge in [0.1, 0.15) is 5.75 Å². The van der Waals surface area contributed by atoms with Gasteiger partial charge in [0, 0.05) is 18.3 Å². The van der Waals surface area contributed by atoms with Crippen molar-refractivity contribution in [1.29, 1.82) is 0 Å². The van der Waals surface area contributed by atoms with Gasteiger partial charge in [-0.2, -0.15) is 5.10 Å². The van der Waals surface area contributed by atoms with Crippen LogP contribution in [0.3, 0.4) is 0 Å². The van der Waals surface area contributed by atoms with Crippen LogP contribution in [-0.2, 0) is 6.54 Å². The largest absolute Gasteiger partial charge is 0.491 e. The van der Waals surface area contributed by atoms with Crippen molar-refractivity contribution < 1.29 is 4.74 Å². The molecule has 0 aliphatic heterocycles. The lowest BCUT2D eigenvalue weighted by atomic mass is 10.0. The van der Waals surface area contributed by atoms with E-state index >= 15 is 0 Å². The molecule has 0 bridgehead atoms. The number of hydrazine groups is 1. The lowest BCUT2D eigenvalue weighted by Gasteiger charge is -2.17. The minimum absolute atomic E-state index is 0.0914. The molecule has 0 aliphatic rings.